The smallest absolute Gasteiger partial charge is 0.0809 e. The molecule has 1 nitrogen and oxygen atoms in total. The zero-order valence-corrected chi connectivity index (χ0v) is 9.86. The minimum absolute atomic E-state index is 0.730. The van der Waals surface area contributed by atoms with Crippen LogP contribution in [0.1, 0.15) is 17.7 Å². The van der Waals surface area contributed by atoms with Crippen LogP contribution >= 0.6 is 27.3 Å². The average Bonchev–Trinajstić information content (AvgIpc) is 2.51. The van der Waals surface area contributed by atoms with Crippen LogP contribution in [-0.2, 0) is 11.3 Å². The number of halogens is 1. The maximum absolute atomic E-state index is 5.48. The van der Waals surface area contributed by atoms with Gasteiger partial charge in [0.1, 0.15) is 0 Å². The molecule has 3 heteroatoms. The summed E-state index contributed by atoms with van der Waals surface area (Å²) < 4.78 is 6.62. The molecular formula is C10H13BrOS. The number of hydrogen-bond acceptors (Lipinski definition) is 2. The van der Waals surface area contributed by atoms with Gasteiger partial charge in [-0.15, -0.1) is 17.9 Å². The van der Waals surface area contributed by atoms with Crippen LogP contribution < -0.4 is 0 Å². The highest BCUT2D eigenvalue weighted by Gasteiger charge is 1.96. The van der Waals surface area contributed by atoms with E-state index in [9.17, 15) is 0 Å². The van der Waals surface area contributed by atoms with E-state index in [1.807, 2.05) is 6.08 Å². The molecule has 0 radical (unpaired) electrons. The number of ether oxygens (including phenoxy) is 1. The molecule has 1 rings (SSSR count). The second-order valence-corrected chi connectivity index (χ2v) is 4.63. The molecule has 0 N–H and O–H groups in total. The molecule has 0 amide bonds. The van der Waals surface area contributed by atoms with E-state index >= 15 is 0 Å². The molecule has 0 atom stereocenters. The number of rotatable bonds is 6. The molecule has 0 saturated carbocycles. The Bertz CT molecular complexity index is 257. The minimum Gasteiger partial charge on any atom is -0.376 e. The first-order valence-corrected chi connectivity index (χ1v) is 5.91. The molecule has 0 saturated heterocycles. The molecular weight excluding hydrogens is 248 g/mol. The van der Waals surface area contributed by atoms with Gasteiger partial charge < -0.3 is 4.74 Å². The van der Waals surface area contributed by atoms with Gasteiger partial charge in [0.2, 0.25) is 0 Å². The summed E-state index contributed by atoms with van der Waals surface area (Å²) in [5.41, 5.74) is 0. The van der Waals surface area contributed by atoms with E-state index in [4.69, 9.17) is 4.74 Å². The fourth-order valence-electron chi connectivity index (χ4n) is 0.932. The molecule has 0 aliphatic carbocycles. The van der Waals surface area contributed by atoms with Gasteiger partial charge in [-0.05, 0) is 34.8 Å². The molecule has 1 aromatic rings. The van der Waals surface area contributed by atoms with Crippen LogP contribution in [0, 0.1) is 0 Å². The number of thiophene rings is 1. The van der Waals surface area contributed by atoms with Crippen molar-refractivity contribution in [3.05, 3.63) is 33.5 Å². The summed E-state index contributed by atoms with van der Waals surface area (Å²) in [6.07, 6.45) is 4.02. The molecule has 0 aliphatic rings. The second-order valence-electron chi connectivity index (χ2n) is 2.71. The Labute approximate surface area is 91.6 Å². The van der Waals surface area contributed by atoms with Crippen LogP contribution in [0.4, 0.5) is 0 Å². The van der Waals surface area contributed by atoms with Gasteiger partial charge in [0, 0.05) is 21.3 Å². The lowest BCUT2D eigenvalue weighted by Crippen LogP contribution is -1.92. The summed E-state index contributed by atoms with van der Waals surface area (Å²) in [4.78, 5) is 1.27. The molecule has 0 bridgehead atoms. The van der Waals surface area contributed by atoms with Crippen molar-refractivity contribution >= 4 is 27.3 Å². The monoisotopic (exact) mass is 260 g/mol. The number of unbranched alkanes of at least 4 members (excludes halogenated alkanes) is 1. The lowest BCUT2D eigenvalue weighted by atomic mass is 10.3. The second kappa shape index (κ2) is 6.35. The summed E-state index contributed by atoms with van der Waals surface area (Å²) in [5.74, 6) is 0. The Hall–Kier alpha value is -0.120. The lowest BCUT2D eigenvalue weighted by Gasteiger charge is -1.99. The molecule has 0 spiro atoms. The highest BCUT2D eigenvalue weighted by atomic mass is 79.9. The van der Waals surface area contributed by atoms with E-state index in [1.54, 1.807) is 11.3 Å². The third kappa shape index (κ3) is 4.60. The fraction of sp³-hybridized carbons (Fsp3) is 0.400. The Kier molecular flexibility index (Phi) is 5.35. The Morgan fingerprint density at radius 1 is 1.62 bits per heavy atom. The van der Waals surface area contributed by atoms with Crippen molar-refractivity contribution in [2.75, 3.05) is 6.61 Å². The molecule has 0 aliphatic heterocycles. The van der Waals surface area contributed by atoms with Crippen molar-refractivity contribution in [1.82, 2.24) is 0 Å². The van der Waals surface area contributed by atoms with Gasteiger partial charge in [0.25, 0.3) is 0 Å². The standard InChI is InChI=1S/C10H13BrOS/c1-2-3-4-5-12-7-10-6-9(11)8-13-10/h2,6,8H,1,3-5,7H2. The molecule has 0 aromatic carbocycles. The van der Waals surface area contributed by atoms with E-state index in [2.05, 4.69) is 34.0 Å². The molecule has 72 valence electrons. The van der Waals surface area contributed by atoms with Crippen LogP contribution in [0.2, 0.25) is 0 Å². The van der Waals surface area contributed by atoms with Gasteiger partial charge in [-0.2, -0.15) is 0 Å². The van der Waals surface area contributed by atoms with E-state index in [-0.39, 0.29) is 0 Å². The van der Waals surface area contributed by atoms with Crippen LogP contribution in [0.25, 0.3) is 0 Å². The van der Waals surface area contributed by atoms with Crippen LogP contribution in [-0.4, -0.2) is 6.61 Å². The van der Waals surface area contributed by atoms with Crippen molar-refractivity contribution in [1.29, 1.82) is 0 Å². The summed E-state index contributed by atoms with van der Waals surface area (Å²) in [5, 5.41) is 2.07. The zero-order valence-electron chi connectivity index (χ0n) is 7.46. The summed E-state index contributed by atoms with van der Waals surface area (Å²) >= 11 is 5.13. The first-order valence-electron chi connectivity index (χ1n) is 4.24. The van der Waals surface area contributed by atoms with Gasteiger partial charge in [-0.1, -0.05) is 6.08 Å². The van der Waals surface area contributed by atoms with Crippen molar-refractivity contribution < 1.29 is 4.74 Å². The van der Waals surface area contributed by atoms with E-state index in [0.29, 0.717) is 0 Å². The first-order chi connectivity index (χ1) is 6.33. The highest BCUT2D eigenvalue weighted by Crippen LogP contribution is 2.20. The van der Waals surface area contributed by atoms with E-state index < -0.39 is 0 Å². The third-order valence-corrected chi connectivity index (χ3v) is 3.23. The Morgan fingerprint density at radius 2 is 2.46 bits per heavy atom. The van der Waals surface area contributed by atoms with Gasteiger partial charge in [0.15, 0.2) is 0 Å². The van der Waals surface area contributed by atoms with Crippen molar-refractivity contribution in [3.8, 4) is 0 Å². The predicted molar refractivity (Wildman–Crippen MR) is 61.1 cm³/mol. The summed E-state index contributed by atoms with van der Waals surface area (Å²) in [6.45, 7) is 5.21. The Balaban J connectivity index is 2.09. The molecule has 0 unspecified atom stereocenters. The van der Waals surface area contributed by atoms with Crippen LogP contribution in [0.15, 0.2) is 28.6 Å². The van der Waals surface area contributed by atoms with Crippen molar-refractivity contribution in [2.45, 2.75) is 19.4 Å². The third-order valence-electron chi connectivity index (χ3n) is 1.56. The summed E-state index contributed by atoms with van der Waals surface area (Å²) in [6, 6.07) is 2.10. The zero-order chi connectivity index (χ0) is 9.52. The SMILES string of the molecule is C=CCCCOCc1cc(Br)cs1. The predicted octanol–water partition coefficient (Wildman–Crippen LogP) is 3.99. The van der Waals surface area contributed by atoms with Crippen molar-refractivity contribution in [3.63, 3.8) is 0 Å². The van der Waals surface area contributed by atoms with Crippen LogP contribution in [0.5, 0.6) is 0 Å². The van der Waals surface area contributed by atoms with Gasteiger partial charge in [0.05, 0.1) is 6.61 Å². The van der Waals surface area contributed by atoms with E-state index in [1.165, 1.54) is 4.88 Å². The number of hydrogen-bond donors (Lipinski definition) is 0. The van der Waals surface area contributed by atoms with Gasteiger partial charge >= 0.3 is 0 Å². The maximum Gasteiger partial charge on any atom is 0.0809 e. The normalized spacial score (nSPS) is 10.2. The van der Waals surface area contributed by atoms with Gasteiger partial charge in [-0.25, -0.2) is 0 Å². The largest absolute Gasteiger partial charge is 0.376 e. The first kappa shape index (κ1) is 11.0. The van der Waals surface area contributed by atoms with Gasteiger partial charge in [-0.3, -0.25) is 0 Å². The minimum atomic E-state index is 0.730. The molecule has 1 aromatic heterocycles. The fourth-order valence-corrected chi connectivity index (χ4v) is 2.32. The maximum atomic E-state index is 5.48. The number of allylic oxidation sites excluding steroid dienone is 1. The van der Waals surface area contributed by atoms with E-state index in [0.717, 1.165) is 30.5 Å². The highest BCUT2D eigenvalue weighted by molar-refractivity contribution is 9.10. The molecule has 13 heavy (non-hydrogen) atoms. The lowest BCUT2D eigenvalue weighted by molar-refractivity contribution is 0.121. The Morgan fingerprint density at radius 3 is 3.08 bits per heavy atom. The quantitative estimate of drug-likeness (QED) is 0.555. The van der Waals surface area contributed by atoms with Crippen molar-refractivity contribution in [2.24, 2.45) is 0 Å². The topological polar surface area (TPSA) is 9.23 Å². The van der Waals surface area contributed by atoms with Crippen LogP contribution in [0.3, 0.4) is 0 Å². The summed E-state index contributed by atoms with van der Waals surface area (Å²) in [7, 11) is 0. The molecule has 0 fully saturated rings. The average molecular weight is 261 g/mol. The molecule has 1 heterocycles.